The maximum Gasteiger partial charge on any atom is 0.247 e. The van der Waals surface area contributed by atoms with E-state index >= 15 is 0 Å². The van der Waals surface area contributed by atoms with Gasteiger partial charge in [-0.1, -0.05) is 0 Å². The van der Waals surface area contributed by atoms with Gasteiger partial charge in [-0.15, -0.1) is 0 Å². The number of nitrogens with zero attached hydrogens (tertiary/aromatic N) is 2. The third-order valence-electron chi connectivity index (χ3n) is 3.62. The lowest BCUT2D eigenvalue weighted by Gasteiger charge is -2.26. The number of carbonyl (C=O) groups is 2. The molecule has 2 saturated heterocycles. The van der Waals surface area contributed by atoms with Crippen LogP contribution < -0.4 is 5.32 Å². The quantitative estimate of drug-likeness (QED) is 0.729. The molecular weight excluding hydrogens is 262 g/mol. The maximum absolute atomic E-state index is 12.1. The SMILES string of the molecule is CC(C)N1C(=O)CC(NCCN2CCSCC2)C1=O. The van der Waals surface area contributed by atoms with Gasteiger partial charge in [0.15, 0.2) is 0 Å². The van der Waals surface area contributed by atoms with Gasteiger partial charge in [0.25, 0.3) is 0 Å². The van der Waals surface area contributed by atoms with Crippen molar-refractivity contribution < 1.29 is 9.59 Å². The van der Waals surface area contributed by atoms with Crippen molar-refractivity contribution in [3.63, 3.8) is 0 Å². The molecule has 5 nitrogen and oxygen atoms in total. The van der Waals surface area contributed by atoms with Crippen molar-refractivity contribution in [1.29, 1.82) is 0 Å². The summed E-state index contributed by atoms with van der Waals surface area (Å²) in [7, 11) is 0. The number of likely N-dealkylation sites (tertiary alicyclic amines) is 1. The molecule has 2 amide bonds. The van der Waals surface area contributed by atoms with Crippen LogP contribution in [0.4, 0.5) is 0 Å². The summed E-state index contributed by atoms with van der Waals surface area (Å²) in [6, 6.07) is -0.347. The standard InChI is InChI=1S/C13H23N3O2S/c1-10(2)16-12(17)9-11(13(16)18)14-3-4-15-5-7-19-8-6-15/h10-11,14H,3-9H2,1-2H3. The Hall–Kier alpha value is -0.590. The van der Waals surface area contributed by atoms with E-state index < -0.39 is 0 Å². The van der Waals surface area contributed by atoms with Crippen molar-refractivity contribution in [2.45, 2.75) is 32.4 Å². The van der Waals surface area contributed by atoms with Crippen molar-refractivity contribution >= 4 is 23.6 Å². The average molecular weight is 285 g/mol. The predicted molar refractivity (Wildman–Crippen MR) is 77.2 cm³/mol. The second kappa shape index (κ2) is 6.72. The molecule has 1 N–H and O–H groups in total. The van der Waals surface area contributed by atoms with Gasteiger partial charge in [0.1, 0.15) is 0 Å². The lowest BCUT2D eigenvalue weighted by atomic mass is 10.2. The average Bonchev–Trinajstić information content (AvgIpc) is 2.66. The highest BCUT2D eigenvalue weighted by Crippen LogP contribution is 2.16. The summed E-state index contributed by atoms with van der Waals surface area (Å²) in [5, 5.41) is 3.23. The maximum atomic E-state index is 12.1. The first-order valence-electron chi connectivity index (χ1n) is 6.99. The van der Waals surface area contributed by atoms with E-state index in [-0.39, 0.29) is 23.9 Å². The summed E-state index contributed by atoms with van der Waals surface area (Å²) in [5.41, 5.74) is 0. The molecule has 19 heavy (non-hydrogen) atoms. The van der Waals surface area contributed by atoms with Crippen molar-refractivity contribution in [2.75, 3.05) is 37.7 Å². The Morgan fingerprint density at radius 3 is 2.58 bits per heavy atom. The van der Waals surface area contributed by atoms with Crippen molar-refractivity contribution in [2.24, 2.45) is 0 Å². The molecule has 0 spiro atoms. The fourth-order valence-corrected chi connectivity index (χ4v) is 3.55. The molecule has 108 valence electrons. The van der Waals surface area contributed by atoms with Gasteiger partial charge < -0.3 is 10.2 Å². The van der Waals surface area contributed by atoms with E-state index in [1.807, 2.05) is 25.6 Å². The minimum absolute atomic E-state index is 0.0362. The lowest BCUT2D eigenvalue weighted by Crippen LogP contribution is -2.44. The summed E-state index contributed by atoms with van der Waals surface area (Å²) in [6.07, 6.45) is 0.312. The monoisotopic (exact) mass is 285 g/mol. The number of hydrogen-bond donors (Lipinski definition) is 1. The third-order valence-corrected chi connectivity index (χ3v) is 4.56. The fraction of sp³-hybridized carbons (Fsp3) is 0.846. The van der Waals surface area contributed by atoms with Gasteiger partial charge >= 0.3 is 0 Å². The van der Waals surface area contributed by atoms with Crippen LogP contribution in [-0.2, 0) is 9.59 Å². The van der Waals surface area contributed by atoms with Crippen LogP contribution in [0.15, 0.2) is 0 Å². The number of amides is 2. The molecule has 2 rings (SSSR count). The number of rotatable bonds is 5. The van der Waals surface area contributed by atoms with Crippen LogP contribution in [0.25, 0.3) is 0 Å². The zero-order valence-corrected chi connectivity index (χ0v) is 12.5. The number of hydrogen-bond acceptors (Lipinski definition) is 5. The van der Waals surface area contributed by atoms with E-state index in [2.05, 4.69) is 10.2 Å². The summed E-state index contributed by atoms with van der Waals surface area (Å²) in [4.78, 5) is 27.6. The Bertz CT molecular complexity index is 343. The number of thioether (sulfide) groups is 1. The Labute approximate surface area is 119 Å². The Balaban J connectivity index is 1.74. The highest BCUT2D eigenvalue weighted by Gasteiger charge is 2.39. The van der Waals surface area contributed by atoms with Gasteiger partial charge in [0.2, 0.25) is 11.8 Å². The minimum Gasteiger partial charge on any atom is -0.304 e. The zero-order valence-electron chi connectivity index (χ0n) is 11.7. The molecule has 0 saturated carbocycles. The van der Waals surface area contributed by atoms with Crippen LogP contribution in [0, 0.1) is 0 Å². The van der Waals surface area contributed by atoms with E-state index in [0.29, 0.717) is 6.42 Å². The van der Waals surface area contributed by atoms with Gasteiger partial charge in [-0.05, 0) is 13.8 Å². The van der Waals surface area contributed by atoms with Crippen molar-refractivity contribution in [1.82, 2.24) is 15.1 Å². The third kappa shape index (κ3) is 3.70. The van der Waals surface area contributed by atoms with E-state index in [1.54, 1.807) is 0 Å². The van der Waals surface area contributed by atoms with Gasteiger partial charge in [-0.3, -0.25) is 14.5 Å². The van der Waals surface area contributed by atoms with Crippen LogP contribution in [0.1, 0.15) is 20.3 Å². The van der Waals surface area contributed by atoms with E-state index in [4.69, 9.17) is 0 Å². The molecule has 2 aliphatic rings. The van der Waals surface area contributed by atoms with Crippen LogP contribution in [0.3, 0.4) is 0 Å². The van der Waals surface area contributed by atoms with Crippen molar-refractivity contribution in [3.05, 3.63) is 0 Å². The molecule has 1 unspecified atom stereocenters. The Kier molecular flexibility index (Phi) is 5.24. The van der Waals surface area contributed by atoms with Crippen LogP contribution in [0.2, 0.25) is 0 Å². The molecular formula is C13H23N3O2S. The molecule has 0 aromatic heterocycles. The molecule has 0 aromatic carbocycles. The highest BCUT2D eigenvalue weighted by atomic mass is 32.2. The fourth-order valence-electron chi connectivity index (χ4n) is 2.57. The highest BCUT2D eigenvalue weighted by molar-refractivity contribution is 7.99. The molecule has 0 aliphatic carbocycles. The summed E-state index contributed by atoms with van der Waals surface area (Å²) in [5.74, 6) is 2.28. The number of carbonyl (C=O) groups excluding carboxylic acids is 2. The Morgan fingerprint density at radius 2 is 2.00 bits per heavy atom. The van der Waals surface area contributed by atoms with Crippen molar-refractivity contribution in [3.8, 4) is 0 Å². The van der Waals surface area contributed by atoms with E-state index in [0.717, 1.165) is 26.2 Å². The lowest BCUT2D eigenvalue weighted by molar-refractivity contribution is -0.140. The van der Waals surface area contributed by atoms with Crippen LogP contribution in [0.5, 0.6) is 0 Å². The van der Waals surface area contributed by atoms with E-state index in [9.17, 15) is 9.59 Å². The zero-order chi connectivity index (χ0) is 13.8. The van der Waals surface area contributed by atoms with Gasteiger partial charge in [-0.2, -0.15) is 11.8 Å². The first-order chi connectivity index (χ1) is 9.09. The van der Waals surface area contributed by atoms with Crippen LogP contribution in [-0.4, -0.2) is 71.4 Å². The molecule has 2 aliphatic heterocycles. The predicted octanol–water partition coefficient (Wildman–Crippen LogP) is 0.161. The summed E-state index contributed by atoms with van der Waals surface area (Å²) < 4.78 is 0. The Morgan fingerprint density at radius 1 is 1.32 bits per heavy atom. The molecule has 0 bridgehead atoms. The molecule has 1 atom stereocenters. The smallest absolute Gasteiger partial charge is 0.247 e. The molecule has 2 heterocycles. The van der Waals surface area contributed by atoms with Crippen LogP contribution >= 0.6 is 11.8 Å². The second-order valence-electron chi connectivity index (χ2n) is 5.36. The minimum atomic E-state index is -0.311. The summed E-state index contributed by atoms with van der Waals surface area (Å²) in [6.45, 7) is 7.75. The first-order valence-corrected chi connectivity index (χ1v) is 8.14. The number of imide groups is 1. The molecule has 0 aromatic rings. The second-order valence-corrected chi connectivity index (χ2v) is 6.59. The van der Waals surface area contributed by atoms with Gasteiger partial charge in [-0.25, -0.2) is 0 Å². The summed E-state index contributed by atoms with van der Waals surface area (Å²) >= 11 is 1.99. The van der Waals surface area contributed by atoms with Gasteiger partial charge in [0, 0.05) is 43.7 Å². The first kappa shape index (κ1) is 14.8. The topological polar surface area (TPSA) is 52.7 Å². The largest absolute Gasteiger partial charge is 0.304 e. The number of nitrogens with one attached hydrogen (secondary N) is 1. The molecule has 2 fully saturated rings. The van der Waals surface area contributed by atoms with Gasteiger partial charge in [0.05, 0.1) is 12.5 Å². The van der Waals surface area contributed by atoms with E-state index in [1.165, 1.54) is 16.4 Å². The molecule has 6 heteroatoms. The normalized spacial score (nSPS) is 25.6. The molecule has 0 radical (unpaired) electrons.